The minimum atomic E-state index is -0.0354. The van der Waals surface area contributed by atoms with Gasteiger partial charge in [-0.3, -0.25) is 0 Å². The second-order valence-electron chi connectivity index (χ2n) is 4.92. The highest BCUT2D eigenvalue weighted by Gasteiger charge is 2.30. The fourth-order valence-corrected chi connectivity index (χ4v) is 3.23. The number of alkyl halides is 1. The van der Waals surface area contributed by atoms with Gasteiger partial charge in [0, 0.05) is 4.47 Å². The summed E-state index contributed by atoms with van der Waals surface area (Å²) in [5.41, 5.74) is 3.65. The molecule has 1 heterocycles. The van der Waals surface area contributed by atoms with E-state index in [2.05, 4.69) is 48.8 Å². The molecular weight excluding hydrogens is 300 g/mol. The van der Waals surface area contributed by atoms with Crippen LogP contribution in [0.15, 0.2) is 16.6 Å². The van der Waals surface area contributed by atoms with Crippen LogP contribution in [0.5, 0.6) is 0 Å². The first kappa shape index (κ1) is 13.4. The number of rotatable bonds is 2. The van der Waals surface area contributed by atoms with E-state index in [1.165, 1.54) is 16.7 Å². The summed E-state index contributed by atoms with van der Waals surface area (Å²) in [7, 11) is 0. The molecule has 1 saturated heterocycles. The molecule has 17 heavy (non-hydrogen) atoms. The first-order chi connectivity index (χ1) is 7.99. The Morgan fingerprint density at radius 2 is 2.00 bits per heavy atom. The molecule has 94 valence electrons. The third kappa shape index (κ3) is 2.86. The Morgan fingerprint density at radius 3 is 2.59 bits per heavy atom. The number of hydrogen-bond acceptors (Lipinski definition) is 1. The zero-order valence-electron chi connectivity index (χ0n) is 10.5. The summed E-state index contributed by atoms with van der Waals surface area (Å²) < 4.78 is 7.00. The molecule has 0 bridgehead atoms. The standard InChI is InChI=1S/C14H18BrClO/c1-8-7-12(15)9(2)6-11(8)14(16)13-5-4-10(3)17-13/h6-7,10,13-14H,4-5H2,1-3H3. The van der Waals surface area contributed by atoms with Crippen LogP contribution in [0.2, 0.25) is 0 Å². The topological polar surface area (TPSA) is 9.23 Å². The van der Waals surface area contributed by atoms with Crippen LogP contribution in [0.1, 0.15) is 41.8 Å². The second kappa shape index (κ2) is 5.29. The SMILES string of the molecule is Cc1cc(C(Cl)C2CCC(C)O2)c(C)cc1Br. The van der Waals surface area contributed by atoms with Gasteiger partial charge < -0.3 is 4.74 Å². The van der Waals surface area contributed by atoms with E-state index in [0.29, 0.717) is 6.10 Å². The lowest BCUT2D eigenvalue weighted by molar-refractivity contribution is 0.0532. The molecule has 0 amide bonds. The van der Waals surface area contributed by atoms with Crippen LogP contribution in [-0.2, 0) is 4.74 Å². The van der Waals surface area contributed by atoms with Gasteiger partial charge in [-0.05, 0) is 56.4 Å². The molecule has 2 rings (SSSR count). The van der Waals surface area contributed by atoms with Crippen LogP contribution in [0.25, 0.3) is 0 Å². The van der Waals surface area contributed by atoms with Crippen LogP contribution in [-0.4, -0.2) is 12.2 Å². The van der Waals surface area contributed by atoms with E-state index in [-0.39, 0.29) is 11.5 Å². The highest BCUT2D eigenvalue weighted by Crippen LogP contribution is 2.37. The molecule has 0 aromatic heterocycles. The summed E-state index contributed by atoms with van der Waals surface area (Å²) in [4.78, 5) is 0. The first-order valence-corrected chi connectivity index (χ1v) is 7.28. The van der Waals surface area contributed by atoms with E-state index in [1.807, 2.05) is 0 Å². The maximum absolute atomic E-state index is 6.57. The lowest BCUT2D eigenvalue weighted by atomic mass is 9.98. The summed E-state index contributed by atoms with van der Waals surface area (Å²) in [6.07, 6.45) is 2.68. The van der Waals surface area contributed by atoms with Crippen molar-refractivity contribution in [2.75, 3.05) is 0 Å². The molecule has 0 aliphatic carbocycles. The van der Waals surface area contributed by atoms with Crippen LogP contribution < -0.4 is 0 Å². The summed E-state index contributed by atoms with van der Waals surface area (Å²) in [6.45, 7) is 6.31. The predicted octanol–water partition coefficient (Wildman–Crippen LogP) is 4.91. The molecule has 0 saturated carbocycles. The maximum Gasteiger partial charge on any atom is 0.0850 e. The molecule has 0 N–H and O–H groups in total. The van der Waals surface area contributed by atoms with Gasteiger partial charge in [0.05, 0.1) is 17.6 Å². The van der Waals surface area contributed by atoms with E-state index in [1.54, 1.807) is 0 Å². The zero-order valence-corrected chi connectivity index (χ0v) is 12.8. The monoisotopic (exact) mass is 316 g/mol. The molecule has 1 aromatic rings. The highest BCUT2D eigenvalue weighted by atomic mass is 79.9. The lowest BCUT2D eigenvalue weighted by Crippen LogP contribution is -2.15. The van der Waals surface area contributed by atoms with Crippen molar-refractivity contribution < 1.29 is 4.74 Å². The van der Waals surface area contributed by atoms with Gasteiger partial charge in [0.15, 0.2) is 0 Å². The van der Waals surface area contributed by atoms with Gasteiger partial charge in [-0.25, -0.2) is 0 Å². The van der Waals surface area contributed by atoms with E-state index >= 15 is 0 Å². The molecule has 3 unspecified atom stereocenters. The summed E-state index contributed by atoms with van der Waals surface area (Å²) >= 11 is 10.1. The fraction of sp³-hybridized carbons (Fsp3) is 0.571. The van der Waals surface area contributed by atoms with Crippen LogP contribution >= 0.6 is 27.5 Å². The van der Waals surface area contributed by atoms with Gasteiger partial charge in [-0.1, -0.05) is 22.0 Å². The van der Waals surface area contributed by atoms with Gasteiger partial charge in [0.1, 0.15) is 0 Å². The van der Waals surface area contributed by atoms with Crippen molar-refractivity contribution in [1.82, 2.24) is 0 Å². The van der Waals surface area contributed by atoms with E-state index in [4.69, 9.17) is 16.3 Å². The molecule has 3 heteroatoms. The Bertz CT molecular complexity index is 419. The fourth-order valence-electron chi connectivity index (χ4n) is 2.35. The summed E-state index contributed by atoms with van der Waals surface area (Å²) in [5.74, 6) is 0. The number of hydrogen-bond donors (Lipinski definition) is 0. The van der Waals surface area contributed by atoms with E-state index in [0.717, 1.165) is 17.3 Å². The number of benzene rings is 1. The van der Waals surface area contributed by atoms with Gasteiger partial charge in [0.25, 0.3) is 0 Å². The number of halogens is 2. The van der Waals surface area contributed by atoms with Crippen molar-refractivity contribution in [1.29, 1.82) is 0 Å². The molecule has 1 aliphatic heterocycles. The Labute approximate surface area is 117 Å². The molecule has 0 spiro atoms. The van der Waals surface area contributed by atoms with Crippen LogP contribution in [0.4, 0.5) is 0 Å². The quantitative estimate of drug-likeness (QED) is 0.704. The third-order valence-corrected chi connectivity index (χ3v) is 4.81. The summed E-state index contributed by atoms with van der Waals surface area (Å²) in [6, 6.07) is 4.31. The largest absolute Gasteiger partial charge is 0.373 e. The molecular formula is C14H18BrClO. The van der Waals surface area contributed by atoms with Gasteiger partial charge >= 0.3 is 0 Å². The van der Waals surface area contributed by atoms with Crippen molar-refractivity contribution in [3.05, 3.63) is 33.3 Å². The van der Waals surface area contributed by atoms with Gasteiger partial charge in [-0.2, -0.15) is 0 Å². The van der Waals surface area contributed by atoms with Crippen LogP contribution in [0.3, 0.4) is 0 Å². The molecule has 1 aromatic carbocycles. The zero-order chi connectivity index (χ0) is 12.6. The number of aryl methyl sites for hydroxylation is 2. The molecule has 1 aliphatic rings. The average Bonchev–Trinajstić information content (AvgIpc) is 2.69. The van der Waals surface area contributed by atoms with Gasteiger partial charge in [0.2, 0.25) is 0 Å². The Kier molecular flexibility index (Phi) is 4.17. The van der Waals surface area contributed by atoms with Crippen molar-refractivity contribution >= 4 is 27.5 Å². The van der Waals surface area contributed by atoms with Crippen molar-refractivity contribution in [3.8, 4) is 0 Å². The molecule has 0 radical (unpaired) electrons. The van der Waals surface area contributed by atoms with Crippen LogP contribution in [0, 0.1) is 13.8 Å². The average molecular weight is 318 g/mol. The van der Waals surface area contributed by atoms with Crippen molar-refractivity contribution in [2.24, 2.45) is 0 Å². The first-order valence-electron chi connectivity index (χ1n) is 6.05. The maximum atomic E-state index is 6.57. The molecule has 1 nitrogen and oxygen atoms in total. The van der Waals surface area contributed by atoms with E-state index in [9.17, 15) is 0 Å². The lowest BCUT2D eigenvalue weighted by Gasteiger charge is -2.20. The van der Waals surface area contributed by atoms with Crippen molar-refractivity contribution in [3.63, 3.8) is 0 Å². The smallest absolute Gasteiger partial charge is 0.0850 e. The predicted molar refractivity (Wildman–Crippen MR) is 75.8 cm³/mol. The Morgan fingerprint density at radius 1 is 1.29 bits per heavy atom. The minimum Gasteiger partial charge on any atom is -0.373 e. The molecule has 1 fully saturated rings. The molecule has 3 atom stereocenters. The Balaban J connectivity index is 2.24. The van der Waals surface area contributed by atoms with Gasteiger partial charge in [-0.15, -0.1) is 11.6 Å². The Hall–Kier alpha value is -0.0500. The van der Waals surface area contributed by atoms with E-state index < -0.39 is 0 Å². The summed E-state index contributed by atoms with van der Waals surface area (Å²) in [5, 5.41) is -0.0354. The number of ether oxygens (including phenoxy) is 1. The van der Waals surface area contributed by atoms with Crippen molar-refractivity contribution in [2.45, 2.75) is 51.2 Å². The third-order valence-electron chi connectivity index (χ3n) is 3.44. The minimum absolute atomic E-state index is 0.0354. The normalized spacial score (nSPS) is 26.2. The highest BCUT2D eigenvalue weighted by molar-refractivity contribution is 9.10. The second-order valence-corrected chi connectivity index (χ2v) is 6.25.